The zero-order valence-corrected chi connectivity index (χ0v) is 12.7. The van der Waals surface area contributed by atoms with E-state index < -0.39 is 25.0 Å². The van der Waals surface area contributed by atoms with Crippen molar-refractivity contribution in [3.63, 3.8) is 0 Å². The van der Waals surface area contributed by atoms with Crippen LogP contribution >= 0.6 is 11.8 Å². The monoisotopic (exact) mass is 338 g/mol. The Morgan fingerprint density at radius 2 is 1.86 bits per heavy atom. The Balaban J connectivity index is 2.52. The summed E-state index contributed by atoms with van der Waals surface area (Å²) in [6.07, 6.45) is -6.43. The lowest BCUT2D eigenvalue weighted by atomic mass is 10.0. The molecule has 0 radical (unpaired) electrons. The van der Waals surface area contributed by atoms with Gasteiger partial charge in [0.25, 0.3) is 0 Å². The summed E-state index contributed by atoms with van der Waals surface area (Å²) in [4.78, 5) is 10.8. The number of benzene rings is 1. The zero-order chi connectivity index (χ0) is 16.8. The van der Waals surface area contributed by atoms with Crippen LogP contribution < -0.4 is 4.74 Å². The minimum Gasteiger partial charge on any atom is -0.484 e. The minimum absolute atomic E-state index is 0.0231. The quantitative estimate of drug-likeness (QED) is 0.800. The molecule has 0 amide bonds. The molecular weight excluding hydrogens is 321 g/mol. The van der Waals surface area contributed by atoms with Crippen molar-refractivity contribution in [2.45, 2.75) is 31.7 Å². The van der Waals surface area contributed by atoms with Crippen molar-refractivity contribution in [2.24, 2.45) is 0 Å². The number of aliphatic hydroxyl groups excluding tert-OH is 2. The van der Waals surface area contributed by atoms with Gasteiger partial charge in [0.1, 0.15) is 11.9 Å². The van der Waals surface area contributed by atoms with Crippen LogP contribution in [0.15, 0.2) is 24.3 Å². The minimum atomic E-state index is -4.41. The van der Waals surface area contributed by atoms with Gasteiger partial charge in [-0.15, -0.1) is 0 Å². The van der Waals surface area contributed by atoms with Gasteiger partial charge in [0.2, 0.25) is 0 Å². The first-order chi connectivity index (χ1) is 10.2. The Morgan fingerprint density at radius 3 is 2.36 bits per heavy atom. The first kappa shape index (κ1) is 18.8. The maximum Gasteiger partial charge on any atom is 0.422 e. The topological polar surface area (TPSA) is 66.8 Å². The second-order valence-electron chi connectivity index (χ2n) is 4.61. The fourth-order valence-corrected chi connectivity index (χ4v) is 2.28. The third-order valence-electron chi connectivity index (χ3n) is 2.71. The van der Waals surface area contributed by atoms with E-state index in [1.54, 1.807) is 0 Å². The van der Waals surface area contributed by atoms with Crippen LogP contribution in [0.4, 0.5) is 13.2 Å². The van der Waals surface area contributed by atoms with E-state index in [1.807, 2.05) is 0 Å². The third kappa shape index (κ3) is 7.15. The van der Waals surface area contributed by atoms with Gasteiger partial charge in [-0.1, -0.05) is 23.9 Å². The van der Waals surface area contributed by atoms with E-state index in [1.165, 1.54) is 31.2 Å². The molecule has 2 N–H and O–H groups in total. The summed E-state index contributed by atoms with van der Waals surface area (Å²) in [7, 11) is 0. The zero-order valence-electron chi connectivity index (χ0n) is 11.8. The largest absolute Gasteiger partial charge is 0.484 e. The molecule has 0 spiro atoms. The van der Waals surface area contributed by atoms with Gasteiger partial charge >= 0.3 is 6.18 Å². The first-order valence-corrected chi connectivity index (χ1v) is 7.46. The number of aliphatic hydroxyl groups is 2. The Bertz CT molecular complexity index is 476. The van der Waals surface area contributed by atoms with Gasteiger partial charge in [-0.05, 0) is 24.1 Å². The van der Waals surface area contributed by atoms with Crippen molar-refractivity contribution < 1.29 is 32.9 Å². The number of halogens is 3. The summed E-state index contributed by atoms with van der Waals surface area (Å²) in [5, 5.41) is 19.7. The Kier molecular flexibility index (Phi) is 7.18. The van der Waals surface area contributed by atoms with Crippen LogP contribution in [0.5, 0.6) is 5.75 Å². The summed E-state index contributed by atoms with van der Waals surface area (Å²) in [5.41, 5.74) is 0.361. The predicted molar refractivity (Wildman–Crippen MR) is 76.7 cm³/mol. The molecule has 0 aliphatic carbocycles. The molecule has 0 aliphatic heterocycles. The summed E-state index contributed by atoms with van der Waals surface area (Å²) >= 11 is 1.05. The molecular formula is C14H17F3O4S. The van der Waals surface area contributed by atoms with E-state index in [-0.39, 0.29) is 17.3 Å². The molecule has 0 bridgehead atoms. The molecule has 0 saturated carbocycles. The van der Waals surface area contributed by atoms with Gasteiger partial charge in [0, 0.05) is 12.7 Å². The fourth-order valence-electron chi connectivity index (χ4n) is 1.63. The van der Waals surface area contributed by atoms with Crippen LogP contribution in [0.2, 0.25) is 0 Å². The standard InChI is InChI=1S/C14H17F3O4S/c1-9(18)22-7-6-12(19)13(20)10-2-4-11(5-3-10)21-8-14(15,16)17/h2-5,12-13,19-20H,6-8H2,1H3. The van der Waals surface area contributed by atoms with Gasteiger partial charge in [-0.25, -0.2) is 0 Å². The highest BCUT2D eigenvalue weighted by Crippen LogP contribution is 2.24. The normalized spacial score (nSPS) is 14.5. The van der Waals surface area contributed by atoms with E-state index in [0.29, 0.717) is 11.3 Å². The van der Waals surface area contributed by atoms with Crippen molar-refractivity contribution >= 4 is 16.9 Å². The number of rotatable bonds is 7. The summed E-state index contributed by atoms with van der Waals surface area (Å²) in [6.45, 7) is 0.0208. The van der Waals surface area contributed by atoms with Gasteiger partial charge < -0.3 is 14.9 Å². The van der Waals surface area contributed by atoms with Gasteiger partial charge in [-0.2, -0.15) is 13.2 Å². The molecule has 2 unspecified atom stereocenters. The van der Waals surface area contributed by atoms with Gasteiger partial charge in [-0.3, -0.25) is 4.79 Å². The molecule has 124 valence electrons. The molecule has 4 nitrogen and oxygen atoms in total. The number of ether oxygens (including phenoxy) is 1. The third-order valence-corrected chi connectivity index (χ3v) is 3.55. The predicted octanol–water partition coefficient (Wildman–Crippen LogP) is 2.69. The lowest BCUT2D eigenvalue weighted by molar-refractivity contribution is -0.153. The van der Waals surface area contributed by atoms with Crippen molar-refractivity contribution in [3.8, 4) is 5.75 Å². The fraction of sp³-hybridized carbons (Fsp3) is 0.500. The number of hydrogen-bond donors (Lipinski definition) is 2. The number of hydrogen-bond acceptors (Lipinski definition) is 5. The molecule has 0 heterocycles. The average molecular weight is 338 g/mol. The molecule has 8 heteroatoms. The summed E-state index contributed by atoms with van der Waals surface area (Å²) in [6, 6.07) is 5.36. The highest BCUT2D eigenvalue weighted by molar-refractivity contribution is 8.13. The van der Waals surface area contributed by atoms with E-state index in [0.717, 1.165) is 11.8 Å². The van der Waals surface area contributed by atoms with Crippen molar-refractivity contribution in [3.05, 3.63) is 29.8 Å². The summed E-state index contributed by atoms with van der Waals surface area (Å²) in [5.74, 6) is 0.398. The van der Waals surface area contributed by atoms with Crippen LogP contribution in [0.1, 0.15) is 25.0 Å². The van der Waals surface area contributed by atoms with E-state index >= 15 is 0 Å². The SMILES string of the molecule is CC(=O)SCCC(O)C(O)c1ccc(OCC(F)(F)F)cc1. The maximum absolute atomic E-state index is 12.0. The first-order valence-electron chi connectivity index (χ1n) is 6.48. The van der Waals surface area contributed by atoms with Crippen LogP contribution in [0.3, 0.4) is 0 Å². The van der Waals surface area contributed by atoms with Gasteiger partial charge in [0.15, 0.2) is 11.7 Å². The second-order valence-corrected chi connectivity index (χ2v) is 5.89. The van der Waals surface area contributed by atoms with Crippen molar-refractivity contribution in [2.75, 3.05) is 12.4 Å². The average Bonchev–Trinajstić information content (AvgIpc) is 2.43. The van der Waals surface area contributed by atoms with Crippen LogP contribution in [0, 0.1) is 0 Å². The summed E-state index contributed by atoms with van der Waals surface area (Å²) < 4.78 is 40.6. The molecule has 0 saturated heterocycles. The number of alkyl halides is 3. The van der Waals surface area contributed by atoms with Crippen molar-refractivity contribution in [1.82, 2.24) is 0 Å². The highest BCUT2D eigenvalue weighted by atomic mass is 32.2. The molecule has 2 atom stereocenters. The van der Waals surface area contributed by atoms with Crippen LogP contribution in [0.25, 0.3) is 0 Å². The Morgan fingerprint density at radius 1 is 1.27 bits per heavy atom. The number of carbonyl (C=O) groups is 1. The molecule has 0 aliphatic rings. The lowest BCUT2D eigenvalue weighted by Gasteiger charge is -2.18. The van der Waals surface area contributed by atoms with Crippen LogP contribution in [-0.4, -0.2) is 40.0 Å². The highest BCUT2D eigenvalue weighted by Gasteiger charge is 2.28. The van der Waals surface area contributed by atoms with E-state index in [9.17, 15) is 28.2 Å². The Labute approximate surface area is 130 Å². The molecule has 22 heavy (non-hydrogen) atoms. The lowest BCUT2D eigenvalue weighted by Crippen LogP contribution is -2.20. The molecule has 0 fully saturated rings. The van der Waals surface area contributed by atoms with E-state index in [4.69, 9.17) is 0 Å². The second kappa shape index (κ2) is 8.40. The molecule has 1 aromatic carbocycles. The van der Waals surface area contributed by atoms with Crippen LogP contribution in [-0.2, 0) is 4.79 Å². The molecule has 0 aromatic heterocycles. The van der Waals surface area contributed by atoms with E-state index in [2.05, 4.69) is 4.74 Å². The number of thioether (sulfide) groups is 1. The maximum atomic E-state index is 12.0. The van der Waals surface area contributed by atoms with Crippen molar-refractivity contribution in [1.29, 1.82) is 0 Å². The Hall–Kier alpha value is -1.25. The molecule has 1 rings (SSSR count). The van der Waals surface area contributed by atoms with Gasteiger partial charge in [0.05, 0.1) is 6.10 Å². The molecule has 1 aromatic rings. The number of carbonyl (C=O) groups excluding carboxylic acids is 1. The smallest absolute Gasteiger partial charge is 0.422 e.